The number of nitrogens with zero attached hydrogens (tertiary/aromatic N) is 1. The largest absolute Gasteiger partial charge is 0.322 e. The standard InChI is InChI=1S/C17H26N2O3S/c1-11(2)13(4)19(15-7-8-15)17(20)18-14-6-9-16(12(3)10-14)23(5,21)22/h6,9-11,13,15H,7-8H2,1-5H3,(H,18,20)/t13-/m0/s1. The van der Waals surface area contributed by atoms with Crippen molar-refractivity contribution in [1.82, 2.24) is 4.90 Å². The molecule has 1 fully saturated rings. The van der Waals surface area contributed by atoms with E-state index in [9.17, 15) is 13.2 Å². The second-order valence-corrected chi connectivity index (χ2v) is 8.79. The van der Waals surface area contributed by atoms with Crippen molar-refractivity contribution in [3.05, 3.63) is 23.8 Å². The van der Waals surface area contributed by atoms with Crippen molar-refractivity contribution >= 4 is 21.6 Å². The maximum atomic E-state index is 12.6. The monoisotopic (exact) mass is 338 g/mol. The van der Waals surface area contributed by atoms with Gasteiger partial charge in [0.2, 0.25) is 0 Å². The van der Waals surface area contributed by atoms with E-state index in [0.717, 1.165) is 12.8 Å². The third-order valence-corrected chi connectivity index (χ3v) is 5.66. The smallest absolute Gasteiger partial charge is 0.319 e. The summed E-state index contributed by atoms with van der Waals surface area (Å²) in [5.74, 6) is 0.385. The molecule has 2 rings (SSSR count). The SMILES string of the molecule is Cc1cc(NC(=O)N(C2CC2)[C@@H](C)C(C)C)ccc1S(C)(=O)=O. The summed E-state index contributed by atoms with van der Waals surface area (Å²) in [4.78, 5) is 14.8. The second kappa shape index (κ2) is 6.51. The number of carbonyl (C=O) groups excluding carboxylic acids is 1. The second-order valence-electron chi connectivity index (χ2n) is 6.81. The highest BCUT2D eigenvalue weighted by molar-refractivity contribution is 7.90. The van der Waals surface area contributed by atoms with Crippen molar-refractivity contribution in [3.63, 3.8) is 0 Å². The fraction of sp³-hybridized carbons (Fsp3) is 0.588. The van der Waals surface area contributed by atoms with Gasteiger partial charge in [-0.15, -0.1) is 0 Å². The molecule has 0 bridgehead atoms. The quantitative estimate of drug-likeness (QED) is 0.894. The molecular formula is C17H26N2O3S. The van der Waals surface area contributed by atoms with E-state index in [2.05, 4.69) is 26.1 Å². The van der Waals surface area contributed by atoms with Crippen LogP contribution in [0.5, 0.6) is 0 Å². The third-order valence-electron chi connectivity index (χ3n) is 4.40. The van der Waals surface area contributed by atoms with Gasteiger partial charge in [-0.3, -0.25) is 0 Å². The molecule has 5 nitrogen and oxygen atoms in total. The van der Waals surface area contributed by atoms with E-state index in [1.54, 1.807) is 25.1 Å². The number of benzene rings is 1. The van der Waals surface area contributed by atoms with Gasteiger partial charge in [-0.2, -0.15) is 0 Å². The van der Waals surface area contributed by atoms with Gasteiger partial charge in [-0.05, 0) is 56.4 Å². The first-order valence-electron chi connectivity index (χ1n) is 8.01. The minimum Gasteiger partial charge on any atom is -0.319 e. The maximum Gasteiger partial charge on any atom is 0.322 e. The zero-order valence-corrected chi connectivity index (χ0v) is 15.3. The van der Waals surface area contributed by atoms with E-state index < -0.39 is 9.84 Å². The zero-order chi connectivity index (χ0) is 17.4. The Hall–Kier alpha value is -1.56. The van der Waals surface area contributed by atoms with Crippen molar-refractivity contribution in [2.45, 2.75) is 57.5 Å². The Bertz CT molecular complexity index is 694. The molecule has 6 heteroatoms. The lowest BCUT2D eigenvalue weighted by molar-refractivity contribution is 0.169. The number of hydrogen-bond acceptors (Lipinski definition) is 3. The molecule has 128 valence electrons. The number of carbonyl (C=O) groups is 1. The number of rotatable bonds is 5. The van der Waals surface area contributed by atoms with Crippen molar-refractivity contribution < 1.29 is 13.2 Å². The molecule has 0 aliphatic heterocycles. The highest BCUT2D eigenvalue weighted by Crippen LogP contribution is 2.31. The fourth-order valence-electron chi connectivity index (χ4n) is 2.69. The number of amides is 2. The average molecular weight is 338 g/mol. The van der Waals surface area contributed by atoms with Gasteiger partial charge in [0.25, 0.3) is 0 Å². The minimum atomic E-state index is -3.25. The molecule has 1 saturated carbocycles. The fourth-order valence-corrected chi connectivity index (χ4v) is 3.65. The number of urea groups is 1. The topological polar surface area (TPSA) is 66.5 Å². The number of aryl methyl sites for hydroxylation is 1. The van der Waals surface area contributed by atoms with Crippen LogP contribution in [0.25, 0.3) is 0 Å². The van der Waals surface area contributed by atoms with E-state index in [1.165, 1.54) is 6.26 Å². The van der Waals surface area contributed by atoms with E-state index in [4.69, 9.17) is 0 Å². The molecule has 0 heterocycles. The van der Waals surface area contributed by atoms with Gasteiger partial charge in [-0.1, -0.05) is 13.8 Å². The van der Waals surface area contributed by atoms with E-state index in [-0.39, 0.29) is 12.1 Å². The highest BCUT2D eigenvalue weighted by atomic mass is 32.2. The summed E-state index contributed by atoms with van der Waals surface area (Å²) in [5.41, 5.74) is 1.27. The summed E-state index contributed by atoms with van der Waals surface area (Å²) in [5, 5.41) is 2.91. The minimum absolute atomic E-state index is 0.111. The van der Waals surface area contributed by atoms with Crippen molar-refractivity contribution in [1.29, 1.82) is 0 Å². The summed E-state index contributed by atoms with van der Waals surface area (Å²) in [6.07, 6.45) is 3.29. The normalized spacial score (nSPS) is 16.3. The van der Waals surface area contributed by atoms with Crippen molar-refractivity contribution in [2.75, 3.05) is 11.6 Å². The summed E-state index contributed by atoms with van der Waals surface area (Å²) in [7, 11) is -3.25. The average Bonchev–Trinajstić information content (AvgIpc) is 3.21. The Morgan fingerprint density at radius 3 is 2.30 bits per heavy atom. The first kappa shape index (κ1) is 17.8. The molecular weight excluding hydrogens is 312 g/mol. The van der Waals surface area contributed by atoms with E-state index >= 15 is 0 Å². The Morgan fingerprint density at radius 2 is 1.87 bits per heavy atom. The van der Waals surface area contributed by atoms with Crippen molar-refractivity contribution in [3.8, 4) is 0 Å². The van der Waals surface area contributed by atoms with Gasteiger partial charge in [-0.25, -0.2) is 13.2 Å². The van der Waals surface area contributed by atoms with Gasteiger partial charge in [0.05, 0.1) is 4.90 Å². The lowest BCUT2D eigenvalue weighted by atomic mass is 10.0. The van der Waals surface area contributed by atoms with Gasteiger partial charge in [0.1, 0.15) is 0 Å². The van der Waals surface area contributed by atoms with Crippen LogP contribution in [0, 0.1) is 12.8 Å². The molecule has 0 spiro atoms. The summed E-state index contributed by atoms with van der Waals surface area (Å²) < 4.78 is 23.3. The van der Waals surface area contributed by atoms with Crippen LogP contribution >= 0.6 is 0 Å². The Kier molecular flexibility index (Phi) is 5.04. The maximum absolute atomic E-state index is 12.6. The summed E-state index contributed by atoms with van der Waals surface area (Å²) in [6, 6.07) is 5.28. The van der Waals surface area contributed by atoms with Crippen molar-refractivity contribution in [2.24, 2.45) is 5.92 Å². The number of anilines is 1. The summed E-state index contributed by atoms with van der Waals surface area (Å²) in [6.45, 7) is 8.03. The molecule has 23 heavy (non-hydrogen) atoms. The molecule has 0 saturated heterocycles. The predicted octanol–water partition coefficient (Wildman–Crippen LogP) is 3.44. The first-order chi connectivity index (χ1) is 10.6. The van der Waals surface area contributed by atoms with Gasteiger partial charge in [0, 0.05) is 24.0 Å². The molecule has 0 unspecified atom stereocenters. The van der Waals surface area contributed by atoms with Gasteiger partial charge in [0.15, 0.2) is 9.84 Å². The lowest BCUT2D eigenvalue weighted by Gasteiger charge is -2.32. The van der Waals surface area contributed by atoms with Crippen LogP contribution < -0.4 is 5.32 Å². The Balaban J connectivity index is 2.17. The van der Waals surface area contributed by atoms with Crippen LogP contribution in [0.1, 0.15) is 39.2 Å². The first-order valence-corrected chi connectivity index (χ1v) is 9.90. The van der Waals surface area contributed by atoms with Crippen LogP contribution in [0.4, 0.5) is 10.5 Å². The Morgan fingerprint density at radius 1 is 1.26 bits per heavy atom. The molecule has 1 atom stereocenters. The predicted molar refractivity (Wildman–Crippen MR) is 92.5 cm³/mol. The molecule has 0 radical (unpaired) electrons. The zero-order valence-electron chi connectivity index (χ0n) is 14.5. The summed E-state index contributed by atoms with van der Waals surface area (Å²) >= 11 is 0. The lowest BCUT2D eigenvalue weighted by Crippen LogP contribution is -2.45. The number of nitrogens with one attached hydrogen (secondary N) is 1. The van der Waals surface area contributed by atoms with Crippen LogP contribution in [0.2, 0.25) is 0 Å². The molecule has 1 aliphatic carbocycles. The molecule has 1 aromatic carbocycles. The van der Waals surface area contributed by atoms with Gasteiger partial charge < -0.3 is 10.2 Å². The number of hydrogen-bond donors (Lipinski definition) is 1. The number of sulfone groups is 1. The van der Waals surface area contributed by atoms with Crippen LogP contribution in [-0.4, -0.2) is 37.7 Å². The van der Waals surface area contributed by atoms with Crippen LogP contribution in [0.3, 0.4) is 0 Å². The molecule has 2 amide bonds. The van der Waals surface area contributed by atoms with Crippen LogP contribution in [0.15, 0.2) is 23.1 Å². The molecule has 1 aliphatic rings. The molecule has 1 N–H and O–H groups in total. The van der Waals surface area contributed by atoms with Gasteiger partial charge >= 0.3 is 6.03 Å². The van der Waals surface area contributed by atoms with E-state index in [1.807, 2.05) is 4.90 Å². The highest BCUT2D eigenvalue weighted by Gasteiger charge is 2.36. The Labute approximate surface area is 139 Å². The molecule has 0 aromatic heterocycles. The molecule has 1 aromatic rings. The van der Waals surface area contributed by atoms with E-state index in [0.29, 0.717) is 28.1 Å². The van der Waals surface area contributed by atoms with Crippen LogP contribution in [-0.2, 0) is 9.84 Å². The third kappa shape index (κ3) is 4.25.